The van der Waals surface area contributed by atoms with Gasteiger partial charge in [0.05, 0.1) is 6.42 Å². The first-order chi connectivity index (χ1) is 8.54. The first kappa shape index (κ1) is 17.7. The highest BCUT2D eigenvalue weighted by Gasteiger charge is 2.22. The molecule has 5 heteroatoms. The Bertz CT molecular complexity index is 308. The van der Waals surface area contributed by atoms with Crippen molar-refractivity contribution in [3.63, 3.8) is 0 Å². The van der Waals surface area contributed by atoms with Gasteiger partial charge in [0.1, 0.15) is 0 Å². The molecular formula is C14H28N2O3. The quantitative estimate of drug-likeness (QED) is 0.695. The molecule has 5 nitrogen and oxygen atoms in total. The first-order valence-electron chi connectivity index (χ1n) is 6.80. The number of hydrogen-bond acceptors (Lipinski definition) is 2. The molecule has 0 aliphatic carbocycles. The zero-order valence-corrected chi connectivity index (χ0v) is 12.9. The number of carbonyl (C=O) groups is 2. The van der Waals surface area contributed by atoms with Gasteiger partial charge in [0, 0.05) is 12.6 Å². The smallest absolute Gasteiger partial charge is 0.315 e. The summed E-state index contributed by atoms with van der Waals surface area (Å²) in [6.07, 6.45) is -0.0556. The molecule has 0 aliphatic rings. The lowest BCUT2D eigenvalue weighted by Crippen LogP contribution is -2.47. The Labute approximate surface area is 116 Å². The van der Waals surface area contributed by atoms with Gasteiger partial charge in [-0.1, -0.05) is 41.5 Å². The molecule has 112 valence electrons. The van der Waals surface area contributed by atoms with Gasteiger partial charge in [-0.15, -0.1) is 0 Å². The molecule has 0 aromatic rings. The van der Waals surface area contributed by atoms with E-state index in [2.05, 4.69) is 38.3 Å². The number of amides is 2. The number of rotatable bonds is 6. The van der Waals surface area contributed by atoms with E-state index >= 15 is 0 Å². The molecule has 0 rings (SSSR count). The second-order valence-electron chi connectivity index (χ2n) is 6.57. The van der Waals surface area contributed by atoms with E-state index in [0.717, 1.165) is 0 Å². The van der Waals surface area contributed by atoms with E-state index in [0.29, 0.717) is 12.5 Å². The van der Waals surface area contributed by atoms with Gasteiger partial charge in [0.2, 0.25) is 0 Å². The summed E-state index contributed by atoms with van der Waals surface area (Å²) in [6, 6.07) is -0.640. The summed E-state index contributed by atoms with van der Waals surface area (Å²) in [7, 11) is 0. The fraction of sp³-hybridized carbons (Fsp3) is 0.857. The van der Waals surface area contributed by atoms with Crippen molar-refractivity contribution in [3.8, 4) is 0 Å². The van der Waals surface area contributed by atoms with Crippen LogP contribution in [0.2, 0.25) is 0 Å². The van der Waals surface area contributed by atoms with Crippen LogP contribution in [0.15, 0.2) is 0 Å². The summed E-state index contributed by atoms with van der Waals surface area (Å²) in [4.78, 5) is 22.5. The van der Waals surface area contributed by atoms with Gasteiger partial charge in [-0.2, -0.15) is 0 Å². The molecule has 2 amide bonds. The van der Waals surface area contributed by atoms with Crippen molar-refractivity contribution in [1.82, 2.24) is 10.6 Å². The lowest BCUT2D eigenvalue weighted by atomic mass is 9.82. The van der Waals surface area contributed by atoms with Gasteiger partial charge in [-0.25, -0.2) is 4.79 Å². The molecule has 0 radical (unpaired) electrons. The Kier molecular flexibility index (Phi) is 6.87. The average Bonchev–Trinajstić information content (AvgIpc) is 2.22. The van der Waals surface area contributed by atoms with Crippen LogP contribution in [0.3, 0.4) is 0 Å². The van der Waals surface area contributed by atoms with Gasteiger partial charge in [0.25, 0.3) is 0 Å². The van der Waals surface area contributed by atoms with Crippen molar-refractivity contribution in [2.24, 2.45) is 17.3 Å². The zero-order valence-electron chi connectivity index (χ0n) is 12.9. The molecule has 0 fully saturated rings. The number of hydrogen-bond donors (Lipinski definition) is 3. The maximum atomic E-state index is 11.8. The molecule has 3 N–H and O–H groups in total. The summed E-state index contributed by atoms with van der Waals surface area (Å²) >= 11 is 0. The number of nitrogens with one attached hydrogen (secondary N) is 2. The van der Waals surface area contributed by atoms with E-state index in [1.54, 1.807) is 0 Å². The van der Waals surface area contributed by atoms with E-state index in [-0.39, 0.29) is 29.8 Å². The Hall–Kier alpha value is -1.26. The molecule has 0 saturated heterocycles. The van der Waals surface area contributed by atoms with E-state index in [1.165, 1.54) is 0 Å². The monoisotopic (exact) mass is 272 g/mol. The van der Waals surface area contributed by atoms with E-state index in [4.69, 9.17) is 5.11 Å². The van der Waals surface area contributed by atoms with Crippen LogP contribution in [0.25, 0.3) is 0 Å². The summed E-state index contributed by atoms with van der Waals surface area (Å²) in [5, 5.41) is 14.3. The SMILES string of the molecule is CC(C)C(CC(=O)O)NC(=O)NCC(C)C(C)(C)C. The molecule has 2 atom stereocenters. The van der Waals surface area contributed by atoms with Crippen LogP contribution in [0.4, 0.5) is 4.79 Å². The van der Waals surface area contributed by atoms with Crippen molar-refractivity contribution < 1.29 is 14.7 Å². The fourth-order valence-electron chi connectivity index (χ4n) is 1.41. The van der Waals surface area contributed by atoms with E-state index < -0.39 is 5.97 Å². The molecule has 19 heavy (non-hydrogen) atoms. The normalized spacial score (nSPS) is 14.9. The van der Waals surface area contributed by atoms with Crippen LogP contribution in [0.1, 0.15) is 48.0 Å². The molecule has 0 aromatic carbocycles. The van der Waals surface area contributed by atoms with Gasteiger partial charge in [-0.3, -0.25) is 4.79 Å². The number of carboxylic acids is 1. The van der Waals surface area contributed by atoms with Crippen LogP contribution in [0, 0.1) is 17.3 Å². The van der Waals surface area contributed by atoms with E-state index in [9.17, 15) is 9.59 Å². The highest BCUT2D eigenvalue weighted by atomic mass is 16.4. The minimum atomic E-state index is -0.901. The summed E-state index contributed by atoms with van der Waals surface area (Å²) in [5.41, 5.74) is 0.131. The standard InChI is InChI=1S/C14H28N2O3/c1-9(2)11(7-12(17)18)16-13(19)15-8-10(3)14(4,5)6/h9-11H,7-8H2,1-6H3,(H,17,18)(H2,15,16,19). The lowest BCUT2D eigenvalue weighted by molar-refractivity contribution is -0.137. The Balaban J connectivity index is 4.24. The predicted molar refractivity (Wildman–Crippen MR) is 76.0 cm³/mol. The molecule has 0 bridgehead atoms. The van der Waals surface area contributed by atoms with Gasteiger partial charge in [-0.05, 0) is 17.3 Å². The molecule has 0 spiro atoms. The maximum Gasteiger partial charge on any atom is 0.315 e. The molecule has 0 aliphatic heterocycles. The molecule has 0 aromatic heterocycles. The minimum Gasteiger partial charge on any atom is -0.481 e. The molecule has 2 unspecified atom stereocenters. The summed E-state index contributed by atoms with van der Waals surface area (Å²) < 4.78 is 0. The fourth-order valence-corrected chi connectivity index (χ4v) is 1.41. The highest BCUT2D eigenvalue weighted by Crippen LogP contribution is 2.24. The number of carboxylic acid groups (broad SMARTS) is 1. The van der Waals surface area contributed by atoms with Crippen molar-refractivity contribution in [1.29, 1.82) is 0 Å². The second kappa shape index (κ2) is 7.36. The van der Waals surface area contributed by atoms with Crippen LogP contribution < -0.4 is 10.6 Å². The Morgan fingerprint density at radius 1 is 1.16 bits per heavy atom. The van der Waals surface area contributed by atoms with Crippen molar-refractivity contribution in [3.05, 3.63) is 0 Å². The lowest BCUT2D eigenvalue weighted by Gasteiger charge is -2.28. The molecule has 0 heterocycles. The zero-order chi connectivity index (χ0) is 15.2. The topological polar surface area (TPSA) is 78.4 Å². The van der Waals surface area contributed by atoms with Gasteiger partial charge < -0.3 is 15.7 Å². The number of aliphatic carboxylic acids is 1. The van der Waals surface area contributed by atoms with E-state index in [1.807, 2.05) is 13.8 Å². The van der Waals surface area contributed by atoms with Gasteiger partial charge in [0.15, 0.2) is 0 Å². The Morgan fingerprint density at radius 3 is 2.05 bits per heavy atom. The van der Waals surface area contributed by atoms with Gasteiger partial charge >= 0.3 is 12.0 Å². The van der Waals surface area contributed by atoms with Crippen molar-refractivity contribution >= 4 is 12.0 Å². The largest absolute Gasteiger partial charge is 0.481 e. The van der Waals surface area contributed by atoms with Crippen LogP contribution >= 0.6 is 0 Å². The van der Waals surface area contributed by atoms with Crippen LogP contribution in [-0.4, -0.2) is 29.7 Å². The third-order valence-corrected chi connectivity index (χ3v) is 3.56. The van der Waals surface area contributed by atoms with Crippen molar-refractivity contribution in [2.45, 2.75) is 54.0 Å². The summed E-state index contributed by atoms with van der Waals surface area (Å²) in [5.74, 6) is -0.473. The first-order valence-corrected chi connectivity index (χ1v) is 6.80. The summed E-state index contributed by atoms with van der Waals surface area (Å²) in [6.45, 7) is 12.8. The van der Waals surface area contributed by atoms with Crippen LogP contribution in [-0.2, 0) is 4.79 Å². The van der Waals surface area contributed by atoms with Crippen molar-refractivity contribution in [2.75, 3.05) is 6.54 Å². The predicted octanol–water partition coefficient (Wildman–Crippen LogP) is 2.47. The Morgan fingerprint density at radius 2 is 1.68 bits per heavy atom. The number of urea groups is 1. The third-order valence-electron chi connectivity index (χ3n) is 3.56. The minimum absolute atomic E-state index is 0.0556. The molecule has 0 saturated carbocycles. The number of carbonyl (C=O) groups excluding carboxylic acids is 1. The maximum absolute atomic E-state index is 11.8. The third kappa shape index (κ3) is 7.70. The molecular weight excluding hydrogens is 244 g/mol. The second-order valence-corrected chi connectivity index (χ2v) is 6.57. The average molecular weight is 272 g/mol. The highest BCUT2D eigenvalue weighted by molar-refractivity contribution is 5.75. The van der Waals surface area contributed by atoms with Crippen LogP contribution in [0.5, 0.6) is 0 Å².